The molecule has 1 N–H and O–H groups in total. The van der Waals surface area contributed by atoms with Crippen molar-refractivity contribution in [2.45, 2.75) is 36.1 Å². The Hall–Kier alpha value is -2.73. The fourth-order valence-corrected chi connectivity index (χ4v) is 4.12. The Balaban J connectivity index is 1.80. The molecule has 1 saturated carbocycles. The van der Waals surface area contributed by atoms with E-state index in [-0.39, 0.29) is 11.2 Å². The number of ether oxygens (including phenoxy) is 2. The summed E-state index contributed by atoms with van der Waals surface area (Å²) in [6.07, 6.45) is 2.16. The van der Waals surface area contributed by atoms with Crippen LogP contribution in [0.25, 0.3) is 22.0 Å². The van der Waals surface area contributed by atoms with Gasteiger partial charge in [0.25, 0.3) is 0 Å². The van der Waals surface area contributed by atoms with E-state index in [1.54, 1.807) is 14.2 Å². The van der Waals surface area contributed by atoms with Crippen LogP contribution in [-0.4, -0.2) is 36.4 Å². The van der Waals surface area contributed by atoms with Crippen LogP contribution >= 0.6 is 11.8 Å². The SMILES string of the molecule is COc1cc(OC)c2c(-c3ccccc3)cc(S[C@@H](C)C(=O)NC3CC3)nc2c1. The Bertz CT molecular complexity index is 1040. The predicted molar refractivity (Wildman–Crippen MR) is 117 cm³/mol. The van der Waals surface area contributed by atoms with Gasteiger partial charge in [-0.2, -0.15) is 0 Å². The Labute approximate surface area is 174 Å². The van der Waals surface area contributed by atoms with Crippen LogP contribution < -0.4 is 14.8 Å². The Morgan fingerprint density at radius 3 is 2.55 bits per heavy atom. The normalized spacial score (nSPS) is 14.4. The lowest BCUT2D eigenvalue weighted by Crippen LogP contribution is -2.32. The van der Waals surface area contributed by atoms with Crippen LogP contribution in [0.4, 0.5) is 0 Å². The first kappa shape index (κ1) is 19.6. The maximum atomic E-state index is 12.4. The number of rotatable bonds is 7. The molecule has 0 unspecified atom stereocenters. The predicted octanol–water partition coefficient (Wildman–Crippen LogP) is 4.68. The molecule has 0 aliphatic heterocycles. The number of fused-ring (bicyclic) bond motifs is 1. The molecule has 1 amide bonds. The van der Waals surface area contributed by atoms with Crippen molar-refractivity contribution >= 4 is 28.6 Å². The molecule has 6 heteroatoms. The maximum absolute atomic E-state index is 12.4. The van der Waals surface area contributed by atoms with Crippen LogP contribution in [0, 0.1) is 0 Å². The highest BCUT2D eigenvalue weighted by molar-refractivity contribution is 8.00. The second kappa shape index (κ2) is 8.33. The van der Waals surface area contributed by atoms with E-state index in [0.29, 0.717) is 17.5 Å². The summed E-state index contributed by atoms with van der Waals surface area (Å²) in [5, 5.41) is 4.57. The van der Waals surface area contributed by atoms with E-state index >= 15 is 0 Å². The second-order valence-electron chi connectivity index (χ2n) is 7.14. The number of thioether (sulfide) groups is 1. The molecule has 2 aromatic carbocycles. The average molecular weight is 409 g/mol. The molecule has 1 aliphatic carbocycles. The molecule has 1 atom stereocenters. The van der Waals surface area contributed by atoms with Gasteiger partial charge in [-0.1, -0.05) is 42.1 Å². The van der Waals surface area contributed by atoms with Crippen molar-refractivity contribution in [1.29, 1.82) is 0 Å². The lowest BCUT2D eigenvalue weighted by molar-refractivity contribution is -0.120. The van der Waals surface area contributed by atoms with Crippen LogP contribution in [0.1, 0.15) is 19.8 Å². The number of aromatic nitrogens is 1. The number of nitrogens with one attached hydrogen (secondary N) is 1. The summed E-state index contributed by atoms with van der Waals surface area (Å²) in [5.74, 6) is 1.45. The Kier molecular flexibility index (Phi) is 5.62. The molecule has 0 spiro atoms. The Morgan fingerprint density at radius 2 is 1.90 bits per heavy atom. The summed E-state index contributed by atoms with van der Waals surface area (Å²) in [7, 11) is 3.28. The quantitative estimate of drug-likeness (QED) is 0.575. The van der Waals surface area contributed by atoms with Gasteiger partial charge in [-0.25, -0.2) is 4.98 Å². The topological polar surface area (TPSA) is 60.5 Å². The maximum Gasteiger partial charge on any atom is 0.233 e. The molecule has 1 heterocycles. The van der Waals surface area contributed by atoms with Crippen molar-refractivity contribution in [3.63, 3.8) is 0 Å². The number of hydrogen-bond acceptors (Lipinski definition) is 5. The minimum Gasteiger partial charge on any atom is -0.497 e. The van der Waals surface area contributed by atoms with Gasteiger partial charge in [0, 0.05) is 18.2 Å². The van der Waals surface area contributed by atoms with Gasteiger partial charge in [-0.05, 0) is 37.0 Å². The highest BCUT2D eigenvalue weighted by Gasteiger charge is 2.26. The van der Waals surface area contributed by atoms with Gasteiger partial charge in [-0.3, -0.25) is 4.79 Å². The van der Waals surface area contributed by atoms with Crippen LogP contribution in [0.15, 0.2) is 53.6 Å². The number of carbonyl (C=O) groups is 1. The summed E-state index contributed by atoms with van der Waals surface area (Å²) in [6, 6.07) is 16.3. The van der Waals surface area contributed by atoms with Crippen molar-refractivity contribution in [3.8, 4) is 22.6 Å². The van der Waals surface area contributed by atoms with Crippen molar-refractivity contribution in [2.75, 3.05) is 14.2 Å². The van der Waals surface area contributed by atoms with Crippen molar-refractivity contribution in [1.82, 2.24) is 10.3 Å². The first-order chi connectivity index (χ1) is 14.1. The molecule has 1 aromatic heterocycles. The Morgan fingerprint density at radius 1 is 1.14 bits per heavy atom. The smallest absolute Gasteiger partial charge is 0.233 e. The van der Waals surface area contributed by atoms with Gasteiger partial charge in [0.1, 0.15) is 11.5 Å². The zero-order valence-corrected chi connectivity index (χ0v) is 17.6. The van der Waals surface area contributed by atoms with E-state index in [4.69, 9.17) is 14.5 Å². The summed E-state index contributed by atoms with van der Waals surface area (Å²) in [6.45, 7) is 1.92. The highest BCUT2D eigenvalue weighted by Crippen LogP contribution is 2.40. The van der Waals surface area contributed by atoms with Crippen LogP contribution in [0.5, 0.6) is 11.5 Å². The fourth-order valence-electron chi connectivity index (χ4n) is 3.25. The van der Waals surface area contributed by atoms with E-state index in [1.165, 1.54) is 11.8 Å². The number of amides is 1. The molecule has 0 radical (unpaired) electrons. The minimum atomic E-state index is -0.225. The monoisotopic (exact) mass is 408 g/mol. The summed E-state index contributed by atoms with van der Waals surface area (Å²) in [4.78, 5) is 17.2. The van der Waals surface area contributed by atoms with Gasteiger partial charge in [0.2, 0.25) is 5.91 Å². The molecular formula is C23H24N2O3S. The van der Waals surface area contributed by atoms with E-state index in [0.717, 1.165) is 39.9 Å². The first-order valence-electron chi connectivity index (χ1n) is 9.68. The second-order valence-corrected chi connectivity index (χ2v) is 8.50. The van der Waals surface area contributed by atoms with Crippen LogP contribution in [0.3, 0.4) is 0 Å². The molecule has 5 nitrogen and oxygen atoms in total. The number of pyridine rings is 1. The minimum absolute atomic E-state index is 0.0591. The van der Waals surface area contributed by atoms with Crippen molar-refractivity contribution in [3.05, 3.63) is 48.5 Å². The number of benzene rings is 2. The first-order valence-corrected chi connectivity index (χ1v) is 10.6. The molecule has 1 aliphatic rings. The lowest BCUT2D eigenvalue weighted by Gasteiger charge is -2.16. The zero-order chi connectivity index (χ0) is 20.4. The molecule has 150 valence electrons. The van der Waals surface area contributed by atoms with E-state index in [2.05, 4.69) is 17.4 Å². The van der Waals surface area contributed by atoms with Crippen LogP contribution in [0.2, 0.25) is 0 Å². The lowest BCUT2D eigenvalue weighted by atomic mass is 10.0. The molecule has 1 fully saturated rings. The largest absolute Gasteiger partial charge is 0.497 e. The van der Waals surface area contributed by atoms with Gasteiger partial charge in [0.15, 0.2) is 0 Å². The van der Waals surface area contributed by atoms with E-state index in [9.17, 15) is 4.79 Å². The van der Waals surface area contributed by atoms with Gasteiger partial charge >= 0.3 is 0 Å². The van der Waals surface area contributed by atoms with Gasteiger partial charge < -0.3 is 14.8 Å². The zero-order valence-electron chi connectivity index (χ0n) is 16.8. The molecular weight excluding hydrogens is 384 g/mol. The van der Waals surface area contributed by atoms with Crippen molar-refractivity contribution in [2.24, 2.45) is 0 Å². The van der Waals surface area contributed by atoms with Gasteiger partial charge in [-0.15, -0.1) is 0 Å². The van der Waals surface area contributed by atoms with Gasteiger partial charge in [0.05, 0.1) is 35.4 Å². The molecule has 29 heavy (non-hydrogen) atoms. The average Bonchev–Trinajstić information content (AvgIpc) is 3.56. The van der Waals surface area contributed by atoms with E-state index in [1.807, 2.05) is 43.3 Å². The summed E-state index contributed by atoms with van der Waals surface area (Å²) < 4.78 is 11.1. The fraction of sp³-hybridized carbons (Fsp3) is 0.304. The molecule has 0 saturated heterocycles. The molecule has 0 bridgehead atoms. The molecule has 3 aromatic rings. The number of hydrogen-bond donors (Lipinski definition) is 1. The number of carbonyl (C=O) groups excluding carboxylic acids is 1. The third-order valence-electron chi connectivity index (χ3n) is 4.95. The third-order valence-corrected chi connectivity index (χ3v) is 5.97. The van der Waals surface area contributed by atoms with E-state index < -0.39 is 0 Å². The van der Waals surface area contributed by atoms with Crippen LogP contribution in [-0.2, 0) is 4.79 Å². The highest BCUT2D eigenvalue weighted by atomic mass is 32.2. The number of methoxy groups -OCH3 is 2. The summed E-state index contributed by atoms with van der Waals surface area (Å²) >= 11 is 1.47. The van der Waals surface area contributed by atoms with Crippen molar-refractivity contribution < 1.29 is 14.3 Å². The molecule has 4 rings (SSSR count). The summed E-state index contributed by atoms with van der Waals surface area (Å²) in [5.41, 5.74) is 2.87. The standard InChI is InChI=1S/C23H24N2O3S/c1-14(23(26)24-16-9-10-16)29-21-13-18(15-7-5-4-6-8-15)22-19(25-21)11-17(27-2)12-20(22)28-3/h4-8,11-14,16H,9-10H2,1-3H3,(H,24,26)/t14-/m0/s1. The number of nitrogens with zero attached hydrogens (tertiary/aromatic N) is 1. The third kappa shape index (κ3) is 4.32.